The van der Waals surface area contributed by atoms with Gasteiger partial charge in [-0.25, -0.2) is 4.98 Å². The summed E-state index contributed by atoms with van der Waals surface area (Å²) in [4.78, 5) is 4.76. The maximum Gasteiger partial charge on any atom is 0.224 e. The second-order valence-corrected chi connectivity index (χ2v) is 4.19. The van der Waals surface area contributed by atoms with Crippen molar-refractivity contribution in [3.8, 4) is 5.88 Å². The van der Waals surface area contributed by atoms with Crippen molar-refractivity contribution in [3.63, 3.8) is 0 Å². The Bertz CT molecular complexity index is 554. The van der Waals surface area contributed by atoms with E-state index in [0.29, 0.717) is 23.0 Å². The number of hydrogen-bond acceptors (Lipinski definition) is 3. The van der Waals surface area contributed by atoms with E-state index in [1.54, 1.807) is 0 Å². The predicted molar refractivity (Wildman–Crippen MR) is 73.4 cm³/mol. The van der Waals surface area contributed by atoms with E-state index in [1.165, 1.54) is 0 Å². The smallest absolute Gasteiger partial charge is 0.224 e. The quantitative estimate of drug-likeness (QED) is 0.843. The molecule has 1 aromatic heterocycles. The Morgan fingerprint density at radius 1 is 1.41 bits per heavy atom. The number of pyridine rings is 1. The van der Waals surface area contributed by atoms with E-state index in [-0.39, 0.29) is 0 Å². The second kappa shape index (κ2) is 5.10. The fourth-order valence-corrected chi connectivity index (χ4v) is 1.73. The van der Waals surface area contributed by atoms with Crippen LogP contribution in [0.3, 0.4) is 0 Å². The van der Waals surface area contributed by atoms with Crippen molar-refractivity contribution in [1.29, 1.82) is 0 Å². The van der Waals surface area contributed by atoms with Gasteiger partial charge in [-0.05, 0) is 18.6 Å². The highest BCUT2D eigenvalue weighted by Crippen LogP contribution is 2.22. The molecule has 0 saturated heterocycles. The predicted octanol–water partition coefficient (Wildman–Crippen LogP) is 2.66. The summed E-state index contributed by atoms with van der Waals surface area (Å²) >= 11 is 5.02. The molecule has 0 spiro atoms. The number of nitrogens with two attached hydrogens (primary N) is 1. The minimum absolute atomic E-state index is 0.314. The molecule has 2 rings (SSSR count). The highest BCUT2D eigenvalue weighted by molar-refractivity contribution is 7.80. The summed E-state index contributed by atoms with van der Waals surface area (Å²) in [6.45, 7) is 2.66. The molecule has 0 aliphatic rings. The number of para-hydroxylation sites is 1. The maximum atomic E-state index is 5.69. The molecule has 2 N–H and O–H groups in total. The molecule has 0 unspecified atom stereocenters. The minimum Gasteiger partial charge on any atom is -0.477 e. The van der Waals surface area contributed by atoms with Crippen LogP contribution in [0.1, 0.15) is 18.9 Å². The molecule has 0 bridgehead atoms. The van der Waals surface area contributed by atoms with Gasteiger partial charge in [0.2, 0.25) is 5.88 Å². The largest absolute Gasteiger partial charge is 0.477 e. The van der Waals surface area contributed by atoms with Gasteiger partial charge in [0.05, 0.1) is 17.7 Å². The molecule has 1 aromatic carbocycles. The third-order valence-electron chi connectivity index (χ3n) is 2.40. The van der Waals surface area contributed by atoms with Gasteiger partial charge < -0.3 is 10.5 Å². The van der Waals surface area contributed by atoms with Crippen LogP contribution in [-0.4, -0.2) is 16.6 Å². The van der Waals surface area contributed by atoms with Crippen molar-refractivity contribution in [3.05, 3.63) is 35.9 Å². The molecule has 0 saturated carbocycles. The molecule has 1 heterocycles. The Balaban J connectivity index is 2.54. The third-order valence-corrected chi connectivity index (χ3v) is 2.62. The fourth-order valence-electron chi connectivity index (χ4n) is 1.58. The van der Waals surface area contributed by atoms with E-state index in [1.807, 2.05) is 37.3 Å². The number of benzene rings is 1. The number of hydrogen-bond donors (Lipinski definition) is 1. The summed E-state index contributed by atoms with van der Waals surface area (Å²) in [7, 11) is 0. The van der Waals surface area contributed by atoms with Gasteiger partial charge in [-0.3, -0.25) is 0 Å². The molecule has 88 valence electrons. The normalized spacial score (nSPS) is 10.4. The third kappa shape index (κ3) is 2.53. The zero-order chi connectivity index (χ0) is 12.3. The van der Waals surface area contributed by atoms with Gasteiger partial charge in [0, 0.05) is 5.39 Å². The Labute approximate surface area is 106 Å². The number of aromatic nitrogens is 1. The zero-order valence-corrected chi connectivity index (χ0v) is 10.5. The summed E-state index contributed by atoms with van der Waals surface area (Å²) in [5.74, 6) is 0.526. The number of rotatable bonds is 4. The van der Waals surface area contributed by atoms with Crippen molar-refractivity contribution in [2.45, 2.75) is 13.3 Å². The molecular weight excluding hydrogens is 232 g/mol. The van der Waals surface area contributed by atoms with Gasteiger partial charge in [0.15, 0.2) is 0 Å². The summed E-state index contributed by atoms with van der Waals surface area (Å²) in [6.07, 6.45) is 0.922. The molecular formula is C13H14N2OS. The maximum absolute atomic E-state index is 5.69. The van der Waals surface area contributed by atoms with E-state index in [0.717, 1.165) is 17.3 Å². The van der Waals surface area contributed by atoms with Crippen LogP contribution in [0.4, 0.5) is 0 Å². The number of nitrogens with zero attached hydrogens (tertiary/aromatic N) is 1. The Morgan fingerprint density at radius 2 is 2.18 bits per heavy atom. The number of thiocarbonyl (C=S) groups is 1. The van der Waals surface area contributed by atoms with Crippen LogP contribution in [0.15, 0.2) is 30.3 Å². The molecule has 17 heavy (non-hydrogen) atoms. The van der Waals surface area contributed by atoms with Crippen LogP contribution in [0.2, 0.25) is 0 Å². The van der Waals surface area contributed by atoms with Crippen LogP contribution < -0.4 is 10.5 Å². The summed E-state index contributed by atoms with van der Waals surface area (Å²) < 4.78 is 5.58. The van der Waals surface area contributed by atoms with Gasteiger partial charge in [0.1, 0.15) is 4.99 Å². The van der Waals surface area contributed by atoms with Crippen LogP contribution >= 0.6 is 12.2 Å². The monoisotopic (exact) mass is 246 g/mol. The molecule has 0 radical (unpaired) electrons. The highest BCUT2D eigenvalue weighted by atomic mass is 32.1. The first-order valence-electron chi connectivity index (χ1n) is 5.54. The molecule has 0 fully saturated rings. The lowest BCUT2D eigenvalue weighted by Gasteiger charge is -2.10. The van der Waals surface area contributed by atoms with Crippen LogP contribution in [0.25, 0.3) is 10.9 Å². The average Bonchev–Trinajstić information content (AvgIpc) is 2.35. The van der Waals surface area contributed by atoms with E-state index in [9.17, 15) is 0 Å². The molecule has 4 heteroatoms. The SMILES string of the molecule is CCCOc1nc2ccccc2cc1C(N)=S. The van der Waals surface area contributed by atoms with Gasteiger partial charge in [-0.1, -0.05) is 37.3 Å². The van der Waals surface area contributed by atoms with Crippen LogP contribution in [0.5, 0.6) is 5.88 Å². The summed E-state index contributed by atoms with van der Waals surface area (Å²) in [6, 6.07) is 9.75. The number of ether oxygens (including phenoxy) is 1. The standard InChI is InChI=1S/C13H14N2OS/c1-2-7-16-13-10(12(14)17)8-9-5-3-4-6-11(9)15-13/h3-6,8H,2,7H2,1H3,(H2,14,17). The minimum atomic E-state index is 0.314. The topological polar surface area (TPSA) is 48.1 Å². The first-order chi connectivity index (χ1) is 8.22. The van der Waals surface area contributed by atoms with E-state index in [2.05, 4.69) is 4.98 Å². The zero-order valence-electron chi connectivity index (χ0n) is 9.64. The van der Waals surface area contributed by atoms with Crippen molar-refractivity contribution in [2.75, 3.05) is 6.61 Å². The Hall–Kier alpha value is -1.68. The summed E-state index contributed by atoms with van der Waals surface area (Å²) in [5.41, 5.74) is 7.28. The molecule has 2 aromatic rings. The first-order valence-corrected chi connectivity index (χ1v) is 5.95. The van der Waals surface area contributed by atoms with Gasteiger partial charge in [-0.15, -0.1) is 0 Å². The van der Waals surface area contributed by atoms with E-state index in [4.69, 9.17) is 22.7 Å². The lowest BCUT2D eigenvalue weighted by molar-refractivity contribution is 0.306. The van der Waals surface area contributed by atoms with Crippen molar-refractivity contribution >= 4 is 28.1 Å². The lowest BCUT2D eigenvalue weighted by Crippen LogP contribution is -2.13. The fraction of sp³-hybridized carbons (Fsp3) is 0.231. The number of fused-ring (bicyclic) bond motifs is 1. The molecule has 0 aliphatic heterocycles. The van der Waals surface area contributed by atoms with Crippen molar-refractivity contribution < 1.29 is 4.74 Å². The highest BCUT2D eigenvalue weighted by Gasteiger charge is 2.10. The molecule has 3 nitrogen and oxygen atoms in total. The lowest BCUT2D eigenvalue weighted by atomic mass is 10.1. The second-order valence-electron chi connectivity index (χ2n) is 3.75. The van der Waals surface area contributed by atoms with E-state index < -0.39 is 0 Å². The average molecular weight is 246 g/mol. The van der Waals surface area contributed by atoms with Crippen molar-refractivity contribution in [1.82, 2.24) is 4.98 Å². The van der Waals surface area contributed by atoms with Crippen LogP contribution in [-0.2, 0) is 0 Å². The van der Waals surface area contributed by atoms with Crippen molar-refractivity contribution in [2.24, 2.45) is 5.73 Å². The Morgan fingerprint density at radius 3 is 2.88 bits per heavy atom. The van der Waals surface area contributed by atoms with E-state index >= 15 is 0 Å². The first kappa shape index (κ1) is 11.8. The van der Waals surface area contributed by atoms with Gasteiger partial charge in [0.25, 0.3) is 0 Å². The molecule has 0 aliphatic carbocycles. The van der Waals surface area contributed by atoms with Crippen LogP contribution in [0, 0.1) is 0 Å². The van der Waals surface area contributed by atoms with Gasteiger partial charge >= 0.3 is 0 Å². The summed E-state index contributed by atoms with van der Waals surface area (Å²) in [5, 5.41) is 1.01. The Kier molecular flexibility index (Phi) is 3.54. The van der Waals surface area contributed by atoms with Gasteiger partial charge in [-0.2, -0.15) is 0 Å². The molecule has 0 amide bonds. The molecule has 0 atom stereocenters.